The van der Waals surface area contributed by atoms with Crippen LogP contribution in [0.5, 0.6) is 0 Å². The molecule has 0 aliphatic heterocycles. The first-order chi connectivity index (χ1) is 15.8. The predicted octanol–water partition coefficient (Wildman–Crippen LogP) is 4.89. The van der Waals surface area contributed by atoms with Crippen molar-refractivity contribution >= 4 is 11.8 Å². The molecule has 0 saturated heterocycles. The zero-order valence-corrected chi connectivity index (χ0v) is 18.2. The van der Waals surface area contributed by atoms with Crippen LogP contribution in [0.1, 0.15) is 24.1 Å². The minimum Gasteiger partial charge on any atom is -0.467 e. The van der Waals surface area contributed by atoms with E-state index in [-0.39, 0.29) is 0 Å². The van der Waals surface area contributed by atoms with Gasteiger partial charge in [-0.05, 0) is 36.2 Å². The molecule has 5 rings (SSSR count). The molecule has 160 valence electrons. The average molecular weight is 445 g/mol. The van der Waals surface area contributed by atoms with Crippen LogP contribution < -0.4 is 0 Å². The Labute approximate surface area is 188 Å². The summed E-state index contributed by atoms with van der Waals surface area (Å²) in [6, 6.07) is 15.8. The lowest BCUT2D eigenvalue weighted by molar-refractivity contribution is 0.391. The van der Waals surface area contributed by atoms with Gasteiger partial charge in [-0.15, -0.1) is 10.2 Å². The van der Waals surface area contributed by atoms with E-state index in [2.05, 4.69) is 44.4 Å². The number of hydrogen-bond donors (Lipinski definition) is 0. The van der Waals surface area contributed by atoms with Gasteiger partial charge in [-0.1, -0.05) is 48.1 Å². The van der Waals surface area contributed by atoms with E-state index in [1.165, 1.54) is 17.3 Å². The standard InChI is InChI=1S/C23H20N6O2S/c1-2-16-7-9-17(10-8-16)21-25-20(31-28-21)15-32-23-27-26-22(18-5-3-11-24-13-18)29(23)14-19-6-4-12-30-19/h3-13H,2,14-15H2,1H3. The van der Waals surface area contributed by atoms with Gasteiger partial charge in [0.25, 0.3) is 0 Å². The summed E-state index contributed by atoms with van der Waals surface area (Å²) in [5.74, 6) is 3.12. The predicted molar refractivity (Wildman–Crippen MR) is 120 cm³/mol. The lowest BCUT2D eigenvalue weighted by atomic mass is 10.1. The summed E-state index contributed by atoms with van der Waals surface area (Å²) < 4.78 is 13.0. The Morgan fingerprint density at radius 3 is 2.66 bits per heavy atom. The molecule has 0 unspecified atom stereocenters. The van der Waals surface area contributed by atoms with E-state index in [1.54, 1.807) is 18.7 Å². The first-order valence-corrected chi connectivity index (χ1v) is 11.2. The van der Waals surface area contributed by atoms with Crippen LogP contribution in [0.4, 0.5) is 0 Å². The number of benzene rings is 1. The molecule has 0 atom stereocenters. The molecule has 8 nitrogen and oxygen atoms in total. The molecule has 32 heavy (non-hydrogen) atoms. The minimum atomic E-state index is 0.476. The van der Waals surface area contributed by atoms with Gasteiger partial charge in [-0.25, -0.2) is 0 Å². The Morgan fingerprint density at radius 1 is 1.00 bits per heavy atom. The molecule has 5 aromatic rings. The first-order valence-electron chi connectivity index (χ1n) is 10.2. The molecule has 0 fully saturated rings. The number of nitrogens with zero attached hydrogens (tertiary/aromatic N) is 6. The molecule has 0 N–H and O–H groups in total. The van der Waals surface area contributed by atoms with Gasteiger partial charge < -0.3 is 8.94 Å². The lowest BCUT2D eigenvalue weighted by Crippen LogP contribution is -2.03. The summed E-state index contributed by atoms with van der Waals surface area (Å²) in [5.41, 5.74) is 3.09. The van der Waals surface area contributed by atoms with Crippen LogP contribution in [0.25, 0.3) is 22.8 Å². The number of rotatable bonds is 8. The molecule has 4 aromatic heterocycles. The fourth-order valence-corrected chi connectivity index (χ4v) is 4.03. The van der Waals surface area contributed by atoms with Crippen LogP contribution >= 0.6 is 11.8 Å². The molecular weight excluding hydrogens is 424 g/mol. The third kappa shape index (κ3) is 4.33. The van der Waals surface area contributed by atoms with Crippen LogP contribution in [0.15, 0.2) is 81.3 Å². The van der Waals surface area contributed by atoms with E-state index >= 15 is 0 Å². The molecule has 0 saturated carbocycles. The van der Waals surface area contributed by atoms with Gasteiger partial charge in [-0.3, -0.25) is 9.55 Å². The van der Waals surface area contributed by atoms with Crippen molar-refractivity contribution in [2.75, 3.05) is 0 Å². The van der Waals surface area contributed by atoms with Gasteiger partial charge in [0.05, 0.1) is 18.6 Å². The van der Waals surface area contributed by atoms with Crippen molar-refractivity contribution < 1.29 is 8.94 Å². The van der Waals surface area contributed by atoms with Crippen LogP contribution in [0.3, 0.4) is 0 Å². The topological polar surface area (TPSA) is 95.7 Å². The summed E-state index contributed by atoms with van der Waals surface area (Å²) in [6.07, 6.45) is 6.15. The van der Waals surface area contributed by atoms with E-state index < -0.39 is 0 Å². The fourth-order valence-electron chi connectivity index (χ4n) is 3.25. The molecule has 0 spiro atoms. The third-order valence-electron chi connectivity index (χ3n) is 4.94. The Morgan fingerprint density at radius 2 is 1.91 bits per heavy atom. The van der Waals surface area contributed by atoms with Crippen molar-refractivity contribution in [2.24, 2.45) is 0 Å². The van der Waals surface area contributed by atoms with E-state index in [0.29, 0.717) is 24.0 Å². The number of aromatic nitrogens is 6. The number of hydrogen-bond acceptors (Lipinski definition) is 8. The van der Waals surface area contributed by atoms with Gasteiger partial charge in [0.1, 0.15) is 5.76 Å². The van der Waals surface area contributed by atoms with Gasteiger partial charge in [0.2, 0.25) is 11.7 Å². The maximum Gasteiger partial charge on any atom is 0.237 e. The number of aryl methyl sites for hydroxylation is 1. The normalized spacial score (nSPS) is 11.2. The third-order valence-corrected chi connectivity index (χ3v) is 5.90. The number of thioether (sulfide) groups is 1. The number of furan rings is 1. The molecular formula is C23H20N6O2S. The molecule has 0 radical (unpaired) electrons. The Hall–Kier alpha value is -3.72. The van der Waals surface area contributed by atoms with E-state index in [4.69, 9.17) is 8.94 Å². The van der Waals surface area contributed by atoms with Gasteiger partial charge in [-0.2, -0.15) is 4.98 Å². The van der Waals surface area contributed by atoms with Crippen molar-refractivity contribution in [2.45, 2.75) is 30.8 Å². The van der Waals surface area contributed by atoms with Crippen LogP contribution in [0, 0.1) is 0 Å². The second-order valence-corrected chi connectivity index (χ2v) is 8.01. The van der Waals surface area contributed by atoms with Crippen molar-refractivity contribution in [3.63, 3.8) is 0 Å². The van der Waals surface area contributed by atoms with Crippen molar-refractivity contribution in [3.8, 4) is 22.8 Å². The smallest absolute Gasteiger partial charge is 0.237 e. The van der Waals surface area contributed by atoms with Gasteiger partial charge in [0, 0.05) is 23.5 Å². The Balaban J connectivity index is 1.36. The largest absolute Gasteiger partial charge is 0.467 e. The molecule has 0 aliphatic rings. The first kappa shape index (κ1) is 20.2. The summed E-state index contributed by atoms with van der Waals surface area (Å²) in [6.45, 7) is 2.63. The lowest BCUT2D eigenvalue weighted by Gasteiger charge is -2.08. The van der Waals surface area contributed by atoms with Gasteiger partial charge >= 0.3 is 0 Å². The molecule has 0 amide bonds. The monoisotopic (exact) mass is 444 g/mol. The molecule has 4 heterocycles. The summed E-state index contributed by atoms with van der Waals surface area (Å²) in [5, 5.41) is 13.6. The van der Waals surface area contributed by atoms with Crippen LogP contribution in [0.2, 0.25) is 0 Å². The number of pyridine rings is 1. The van der Waals surface area contributed by atoms with Crippen molar-refractivity contribution in [1.29, 1.82) is 0 Å². The maximum absolute atomic E-state index is 5.54. The fraction of sp³-hybridized carbons (Fsp3) is 0.174. The highest BCUT2D eigenvalue weighted by Crippen LogP contribution is 2.27. The quantitative estimate of drug-likeness (QED) is 0.312. The van der Waals surface area contributed by atoms with Crippen LogP contribution in [-0.2, 0) is 18.7 Å². The molecule has 9 heteroatoms. The molecule has 0 aliphatic carbocycles. The van der Waals surface area contributed by atoms with E-state index in [1.807, 2.05) is 41.0 Å². The highest BCUT2D eigenvalue weighted by molar-refractivity contribution is 7.98. The van der Waals surface area contributed by atoms with Crippen LogP contribution in [-0.4, -0.2) is 29.9 Å². The molecule has 0 bridgehead atoms. The zero-order chi connectivity index (χ0) is 21.8. The highest BCUT2D eigenvalue weighted by atomic mass is 32.2. The second-order valence-electron chi connectivity index (χ2n) is 7.06. The average Bonchev–Trinajstić information content (AvgIpc) is 3.60. The van der Waals surface area contributed by atoms with E-state index in [0.717, 1.165) is 34.3 Å². The summed E-state index contributed by atoms with van der Waals surface area (Å²) in [4.78, 5) is 8.74. The van der Waals surface area contributed by atoms with Crippen molar-refractivity contribution in [3.05, 3.63) is 84.4 Å². The highest BCUT2D eigenvalue weighted by Gasteiger charge is 2.17. The summed E-state index contributed by atoms with van der Waals surface area (Å²) >= 11 is 1.48. The van der Waals surface area contributed by atoms with E-state index in [9.17, 15) is 0 Å². The summed E-state index contributed by atoms with van der Waals surface area (Å²) in [7, 11) is 0. The zero-order valence-electron chi connectivity index (χ0n) is 17.4. The second kappa shape index (κ2) is 9.19. The molecule has 1 aromatic carbocycles. The minimum absolute atomic E-state index is 0.476. The van der Waals surface area contributed by atoms with Gasteiger partial charge in [0.15, 0.2) is 11.0 Å². The van der Waals surface area contributed by atoms with Crippen molar-refractivity contribution in [1.82, 2.24) is 29.9 Å². The SMILES string of the molecule is CCc1ccc(-c2noc(CSc3nnc(-c4cccnc4)n3Cc3ccco3)n2)cc1. The maximum atomic E-state index is 5.54. The Bertz CT molecular complexity index is 1280. The Kier molecular flexibility index (Phi) is 5.80.